The van der Waals surface area contributed by atoms with Crippen molar-refractivity contribution in [1.82, 2.24) is 9.88 Å². The molecule has 2 amide bonds. The number of benzene rings is 1. The Morgan fingerprint density at radius 1 is 1.15 bits per heavy atom. The summed E-state index contributed by atoms with van der Waals surface area (Å²) < 4.78 is 5.31. The summed E-state index contributed by atoms with van der Waals surface area (Å²) in [4.78, 5) is 54.9. The smallest absolute Gasteiger partial charge is 0.305 e. The van der Waals surface area contributed by atoms with Crippen LogP contribution in [0.4, 0.5) is 0 Å². The van der Waals surface area contributed by atoms with Gasteiger partial charge >= 0.3 is 10.8 Å². The molecular formula is C23H22N2O6S2. The molecule has 3 heterocycles. The van der Waals surface area contributed by atoms with Crippen molar-refractivity contribution in [3.63, 3.8) is 0 Å². The number of hydrogen-bond acceptors (Lipinski definition) is 7. The van der Waals surface area contributed by atoms with Gasteiger partial charge in [-0.1, -0.05) is 23.5 Å². The van der Waals surface area contributed by atoms with Gasteiger partial charge in [0.25, 0.3) is 0 Å². The maximum absolute atomic E-state index is 13.3. The van der Waals surface area contributed by atoms with Crippen molar-refractivity contribution < 1.29 is 24.2 Å². The summed E-state index contributed by atoms with van der Waals surface area (Å²) >= 11 is 2.87. The number of likely N-dealkylation sites (tertiary alicyclic amines) is 1. The van der Waals surface area contributed by atoms with E-state index in [1.165, 1.54) is 16.2 Å². The number of aromatic nitrogens is 1. The minimum Gasteiger partial charge on any atom is -0.497 e. The summed E-state index contributed by atoms with van der Waals surface area (Å²) in [6.07, 6.45) is 0.578. The highest BCUT2D eigenvalue weighted by Gasteiger charge is 2.69. The number of aromatic amines is 1. The molecule has 33 heavy (non-hydrogen) atoms. The summed E-state index contributed by atoms with van der Waals surface area (Å²) in [5.74, 6) is -1.32. The second kappa shape index (κ2) is 7.46. The van der Waals surface area contributed by atoms with Crippen LogP contribution in [0.25, 0.3) is 0 Å². The van der Waals surface area contributed by atoms with Gasteiger partial charge < -0.3 is 14.8 Å². The molecule has 1 saturated heterocycles. The minimum atomic E-state index is -1.02. The van der Waals surface area contributed by atoms with Crippen molar-refractivity contribution in [3.8, 4) is 5.75 Å². The molecule has 0 radical (unpaired) electrons. The Balaban J connectivity index is 1.40. The van der Waals surface area contributed by atoms with Gasteiger partial charge in [-0.15, -0.1) is 11.8 Å². The highest BCUT2D eigenvalue weighted by atomic mass is 32.2. The first-order valence-electron chi connectivity index (χ1n) is 11.0. The number of nitrogens with zero attached hydrogens (tertiary/aromatic N) is 1. The van der Waals surface area contributed by atoms with Crippen LogP contribution in [0.5, 0.6) is 5.75 Å². The largest absolute Gasteiger partial charge is 0.497 e. The number of thiazole rings is 1. The van der Waals surface area contributed by atoms with Crippen LogP contribution in [0, 0.1) is 29.6 Å². The van der Waals surface area contributed by atoms with Crippen LogP contribution in [0.15, 0.2) is 34.1 Å². The molecule has 0 spiro atoms. The van der Waals surface area contributed by atoms with Gasteiger partial charge in [-0.25, -0.2) is 0 Å². The molecule has 2 aliphatic heterocycles. The van der Waals surface area contributed by atoms with Crippen LogP contribution in [0.2, 0.25) is 0 Å². The van der Waals surface area contributed by atoms with Crippen LogP contribution >= 0.6 is 23.1 Å². The Morgan fingerprint density at radius 2 is 1.85 bits per heavy atom. The molecule has 7 atom stereocenters. The quantitative estimate of drug-likeness (QED) is 0.623. The van der Waals surface area contributed by atoms with Gasteiger partial charge in [-0.2, -0.15) is 0 Å². The Labute approximate surface area is 197 Å². The Bertz CT molecular complexity index is 1220. The fourth-order valence-corrected chi connectivity index (χ4v) is 9.58. The third kappa shape index (κ3) is 2.96. The zero-order valence-electron chi connectivity index (χ0n) is 17.7. The van der Waals surface area contributed by atoms with Crippen LogP contribution < -0.4 is 9.61 Å². The van der Waals surface area contributed by atoms with E-state index in [2.05, 4.69) is 4.98 Å². The molecular weight excluding hydrogens is 464 g/mol. The molecule has 10 heteroatoms. The topological polar surface area (TPSA) is 117 Å². The molecule has 3 fully saturated rings. The third-order valence-electron chi connectivity index (χ3n) is 7.84. The third-order valence-corrected chi connectivity index (χ3v) is 10.4. The van der Waals surface area contributed by atoms with Gasteiger partial charge in [0.1, 0.15) is 5.75 Å². The van der Waals surface area contributed by atoms with Gasteiger partial charge in [0.15, 0.2) is 0 Å². The van der Waals surface area contributed by atoms with Gasteiger partial charge in [-0.05, 0) is 41.9 Å². The predicted molar refractivity (Wildman–Crippen MR) is 120 cm³/mol. The number of carbonyl (C=O) groups excluding carboxylic acids is 2. The van der Waals surface area contributed by atoms with Crippen molar-refractivity contribution in [3.05, 3.63) is 44.4 Å². The molecule has 1 aromatic heterocycles. The number of fused-ring (bicyclic) bond motifs is 9. The van der Waals surface area contributed by atoms with Gasteiger partial charge in [0.05, 0.1) is 30.4 Å². The molecule has 0 unspecified atom stereocenters. The number of nitrogens with one attached hydrogen (secondary N) is 1. The Morgan fingerprint density at radius 3 is 2.52 bits per heavy atom. The molecule has 8 nitrogen and oxygen atoms in total. The first-order chi connectivity index (χ1) is 15.9. The number of carboxylic acids is 1. The monoisotopic (exact) mass is 486 g/mol. The molecule has 2 bridgehead atoms. The summed E-state index contributed by atoms with van der Waals surface area (Å²) in [6, 6.07) is 7.87. The summed E-state index contributed by atoms with van der Waals surface area (Å²) in [5.41, 5.74) is 1.08. The standard InChI is InChI=1S/C23H22N2O6S2/c1-31-10-4-2-9(3-5-10)14-15-11-8-12(18(15)32-20-19(14)33-23(30)24-20)17-16(11)21(28)25(22(17)29)7-6-13(26)27/h2-5,11-12,14-18H,6-8H2,1H3,(H,24,30)(H,26,27)/t11-,12+,14-,15-,16+,17+,18-/m0/s1. The van der Waals surface area contributed by atoms with E-state index in [-0.39, 0.29) is 64.5 Å². The molecule has 1 aromatic carbocycles. The number of rotatable bonds is 5. The van der Waals surface area contributed by atoms with E-state index >= 15 is 0 Å². The zero-order valence-corrected chi connectivity index (χ0v) is 19.4. The number of H-pyrrole nitrogens is 1. The number of imide groups is 1. The number of aliphatic carboxylic acids is 1. The van der Waals surface area contributed by atoms with E-state index in [0.29, 0.717) is 0 Å². The number of hydrogen-bond donors (Lipinski definition) is 2. The molecule has 2 aromatic rings. The Kier molecular flexibility index (Phi) is 4.74. The SMILES string of the molecule is COc1ccc([C@@H]2c3sc(=O)[nH]c3S[C@H]3[C@@H]4C[C@H]([C@H]5C(=O)N(CCC(=O)O)C(=O)[C@H]45)[C@@H]23)cc1. The number of carbonyl (C=O) groups is 3. The molecule has 172 valence electrons. The lowest BCUT2D eigenvalue weighted by Gasteiger charge is -2.43. The zero-order chi connectivity index (χ0) is 23.0. The molecule has 2 N–H and O–H groups in total. The minimum absolute atomic E-state index is 0.0289. The maximum Gasteiger partial charge on any atom is 0.305 e. The lowest BCUT2D eigenvalue weighted by atomic mass is 9.68. The van der Waals surface area contributed by atoms with Gasteiger partial charge in [0, 0.05) is 22.6 Å². The summed E-state index contributed by atoms with van der Waals surface area (Å²) in [7, 11) is 1.62. The highest BCUT2D eigenvalue weighted by molar-refractivity contribution is 8.00. The van der Waals surface area contributed by atoms with E-state index in [0.717, 1.165) is 27.6 Å². The van der Waals surface area contributed by atoms with Gasteiger partial charge in [0.2, 0.25) is 11.8 Å². The van der Waals surface area contributed by atoms with Crippen LogP contribution in [0.3, 0.4) is 0 Å². The van der Waals surface area contributed by atoms with Crippen molar-refractivity contribution in [2.45, 2.75) is 29.0 Å². The van der Waals surface area contributed by atoms with Crippen molar-refractivity contribution in [2.24, 2.45) is 29.6 Å². The normalized spacial score (nSPS) is 33.7. The fourth-order valence-electron chi connectivity index (χ4n) is 6.69. The second-order valence-corrected chi connectivity index (χ2v) is 11.4. The van der Waals surface area contributed by atoms with Crippen LogP contribution in [-0.4, -0.2) is 51.7 Å². The molecule has 4 aliphatic rings. The average molecular weight is 487 g/mol. The molecule has 6 rings (SSSR count). The number of ether oxygens (including phenoxy) is 1. The number of amides is 2. The number of thioether (sulfide) groups is 1. The van der Waals surface area contributed by atoms with Crippen molar-refractivity contribution >= 4 is 40.9 Å². The van der Waals surface area contributed by atoms with E-state index in [1.807, 2.05) is 24.3 Å². The van der Waals surface area contributed by atoms with E-state index < -0.39 is 11.9 Å². The summed E-state index contributed by atoms with van der Waals surface area (Å²) in [6.45, 7) is -0.0650. The Hall–Kier alpha value is -2.59. The predicted octanol–water partition coefficient (Wildman–Crippen LogP) is 2.39. The number of methoxy groups -OCH3 is 1. The summed E-state index contributed by atoms with van der Waals surface area (Å²) in [5, 5.41) is 10.0. The van der Waals surface area contributed by atoms with Gasteiger partial charge in [-0.3, -0.25) is 24.1 Å². The lowest BCUT2D eigenvalue weighted by molar-refractivity contribution is -0.142. The first-order valence-corrected chi connectivity index (χ1v) is 12.7. The van der Waals surface area contributed by atoms with E-state index in [1.54, 1.807) is 18.9 Å². The molecule has 2 saturated carbocycles. The van der Waals surface area contributed by atoms with Crippen molar-refractivity contribution in [1.29, 1.82) is 0 Å². The lowest BCUT2D eigenvalue weighted by Crippen LogP contribution is -2.42. The van der Waals surface area contributed by atoms with E-state index in [9.17, 15) is 19.2 Å². The molecule has 2 aliphatic carbocycles. The van der Waals surface area contributed by atoms with Crippen molar-refractivity contribution in [2.75, 3.05) is 13.7 Å². The van der Waals surface area contributed by atoms with E-state index in [4.69, 9.17) is 9.84 Å². The fraction of sp³-hybridized carbons (Fsp3) is 0.478. The van der Waals surface area contributed by atoms with Crippen LogP contribution in [0.1, 0.15) is 29.2 Å². The highest BCUT2D eigenvalue weighted by Crippen LogP contribution is 2.68. The second-order valence-electron chi connectivity index (χ2n) is 9.21. The average Bonchev–Trinajstić information content (AvgIpc) is 3.52. The maximum atomic E-state index is 13.3. The number of carboxylic acid groups (broad SMARTS) is 1. The van der Waals surface area contributed by atoms with Crippen LogP contribution in [-0.2, 0) is 14.4 Å². The first kappa shape index (κ1) is 21.0.